The normalized spacial score (nSPS) is 10.3. The van der Waals surface area contributed by atoms with Crippen LogP contribution in [-0.2, 0) is 0 Å². The zero-order valence-electron chi connectivity index (χ0n) is 10.4. The maximum atomic E-state index is 13.2. The van der Waals surface area contributed by atoms with Gasteiger partial charge in [0.25, 0.3) is 0 Å². The summed E-state index contributed by atoms with van der Waals surface area (Å²) >= 11 is 0. The van der Waals surface area contributed by atoms with Gasteiger partial charge < -0.3 is 5.32 Å². The van der Waals surface area contributed by atoms with Crippen molar-refractivity contribution in [2.45, 2.75) is 6.92 Å². The highest BCUT2D eigenvalue weighted by Gasteiger charge is 2.20. The van der Waals surface area contributed by atoms with E-state index in [1.807, 2.05) is 6.92 Å². The van der Waals surface area contributed by atoms with E-state index in [2.05, 4.69) is 15.3 Å². The summed E-state index contributed by atoms with van der Waals surface area (Å²) < 4.78 is 26.2. The van der Waals surface area contributed by atoms with E-state index >= 15 is 0 Å². The van der Waals surface area contributed by atoms with Crippen molar-refractivity contribution in [3.8, 4) is 11.3 Å². The van der Waals surface area contributed by atoms with E-state index in [4.69, 9.17) is 0 Å². The summed E-state index contributed by atoms with van der Waals surface area (Å²) in [6.07, 6.45) is 1.03. The molecule has 2 rings (SSSR count). The first-order valence-electron chi connectivity index (χ1n) is 5.73. The van der Waals surface area contributed by atoms with Crippen LogP contribution in [-0.4, -0.2) is 21.4 Å². The van der Waals surface area contributed by atoms with E-state index in [9.17, 15) is 18.9 Å². The summed E-state index contributed by atoms with van der Waals surface area (Å²) in [5.74, 6) is -1.95. The van der Waals surface area contributed by atoms with E-state index in [0.29, 0.717) is 6.54 Å². The monoisotopic (exact) mass is 280 g/mol. The highest BCUT2D eigenvalue weighted by Crippen LogP contribution is 2.29. The van der Waals surface area contributed by atoms with Crippen LogP contribution in [0.15, 0.2) is 24.4 Å². The summed E-state index contributed by atoms with van der Waals surface area (Å²) in [6, 6.07) is 2.98. The molecular weight excluding hydrogens is 270 g/mol. The summed E-state index contributed by atoms with van der Waals surface area (Å²) in [5.41, 5.74) is -0.338. The van der Waals surface area contributed by atoms with E-state index in [1.165, 1.54) is 6.07 Å². The van der Waals surface area contributed by atoms with Gasteiger partial charge >= 0.3 is 5.69 Å². The third-order valence-corrected chi connectivity index (χ3v) is 2.49. The van der Waals surface area contributed by atoms with E-state index < -0.39 is 16.6 Å². The molecule has 0 spiro atoms. The fourth-order valence-corrected chi connectivity index (χ4v) is 1.61. The maximum absolute atomic E-state index is 13.2. The van der Waals surface area contributed by atoms with Gasteiger partial charge in [0.05, 0.1) is 4.92 Å². The molecule has 0 aliphatic rings. The van der Waals surface area contributed by atoms with Gasteiger partial charge in [-0.1, -0.05) is 0 Å². The molecule has 0 saturated carbocycles. The Kier molecular flexibility index (Phi) is 3.83. The number of anilines is 1. The lowest BCUT2D eigenvalue weighted by atomic mass is 10.1. The SMILES string of the molecule is CCNc1ncc([N+](=O)[O-])c(-c2ccc(F)c(F)c2)n1. The molecule has 1 N–H and O–H groups in total. The van der Waals surface area contributed by atoms with Crippen molar-refractivity contribution in [1.82, 2.24) is 9.97 Å². The number of hydrogen-bond donors (Lipinski definition) is 1. The molecule has 8 heteroatoms. The maximum Gasteiger partial charge on any atom is 0.313 e. The Balaban J connectivity index is 2.59. The van der Waals surface area contributed by atoms with Crippen molar-refractivity contribution in [3.05, 3.63) is 46.1 Å². The lowest BCUT2D eigenvalue weighted by Gasteiger charge is -2.06. The Morgan fingerprint density at radius 3 is 2.70 bits per heavy atom. The fourth-order valence-electron chi connectivity index (χ4n) is 1.61. The third kappa shape index (κ3) is 2.68. The minimum absolute atomic E-state index is 0.0696. The molecule has 104 valence electrons. The predicted octanol–water partition coefficient (Wildman–Crippen LogP) is 2.76. The average Bonchev–Trinajstić information content (AvgIpc) is 2.42. The molecule has 0 unspecified atom stereocenters. The van der Waals surface area contributed by atoms with Crippen LogP contribution in [0.3, 0.4) is 0 Å². The number of nitrogens with one attached hydrogen (secondary N) is 1. The number of halogens is 2. The standard InChI is InChI=1S/C12H10F2N4O2/c1-2-15-12-16-6-10(18(19)20)11(17-12)7-3-4-8(13)9(14)5-7/h3-6H,2H2,1H3,(H,15,16,17). The Morgan fingerprint density at radius 2 is 2.10 bits per heavy atom. The first-order valence-corrected chi connectivity index (χ1v) is 5.73. The quantitative estimate of drug-likeness (QED) is 0.688. The van der Waals surface area contributed by atoms with Crippen molar-refractivity contribution >= 4 is 11.6 Å². The smallest absolute Gasteiger partial charge is 0.313 e. The molecule has 0 amide bonds. The van der Waals surface area contributed by atoms with E-state index in [0.717, 1.165) is 18.3 Å². The van der Waals surface area contributed by atoms with Crippen LogP contribution in [0.5, 0.6) is 0 Å². The van der Waals surface area contributed by atoms with Crippen LogP contribution >= 0.6 is 0 Å². The molecule has 2 aromatic rings. The number of nitro groups is 1. The molecule has 1 aromatic heterocycles. The lowest BCUT2D eigenvalue weighted by Crippen LogP contribution is -2.05. The van der Waals surface area contributed by atoms with Gasteiger partial charge in [-0.2, -0.15) is 0 Å². The molecule has 20 heavy (non-hydrogen) atoms. The van der Waals surface area contributed by atoms with Gasteiger partial charge in [0.15, 0.2) is 17.3 Å². The van der Waals surface area contributed by atoms with Crippen molar-refractivity contribution in [1.29, 1.82) is 0 Å². The molecular formula is C12H10F2N4O2. The molecule has 0 bridgehead atoms. The van der Waals surface area contributed by atoms with Crippen molar-refractivity contribution in [3.63, 3.8) is 0 Å². The summed E-state index contributed by atoms with van der Waals surface area (Å²) in [6.45, 7) is 2.33. The van der Waals surface area contributed by atoms with E-state index in [1.54, 1.807) is 0 Å². The van der Waals surface area contributed by atoms with Crippen LogP contribution in [0.2, 0.25) is 0 Å². The molecule has 6 nitrogen and oxygen atoms in total. The molecule has 0 aliphatic carbocycles. The second-order valence-corrected chi connectivity index (χ2v) is 3.84. The van der Waals surface area contributed by atoms with Crippen molar-refractivity contribution < 1.29 is 13.7 Å². The molecule has 0 fully saturated rings. The Labute approximate surface area is 112 Å². The zero-order valence-corrected chi connectivity index (χ0v) is 10.4. The first kappa shape index (κ1) is 13.8. The number of nitrogens with zero attached hydrogens (tertiary/aromatic N) is 3. The molecule has 0 aliphatic heterocycles. The minimum Gasteiger partial charge on any atom is -0.354 e. The summed E-state index contributed by atoms with van der Waals surface area (Å²) in [4.78, 5) is 18.0. The van der Waals surface area contributed by atoms with Crippen molar-refractivity contribution in [2.75, 3.05) is 11.9 Å². The van der Waals surface area contributed by atoms with Gasteiger partial charge in [0.2, 0.25) is 5.95 Å². The fraction of sp³-hybridized carbons (Fsp3) is 0.167. The molecule has 1 aromatic carbocycles. The van der Waals surface area contributed by atoms with E-state index in [-0.39, 0.29) is 22.9 Å². The number of rotatable bonds is 4. The number of hydrogen-bond acceptors (Lipinski definition) is 5. The second kappa shape index (κ2) is 5.55. The Morgan fingerprint density at radius 1 is 1.35 bits per heavy atom. The van der Waals surface area contributed by atoms with Gasteiger partial charge in [-0.3, -0.25) is 10.1 Å². The van der Waals surface area contributed by atoms with Crippen LogP contribution in [0.1, 0.15) is 6.92 Å². The van der Waals surface area contributed by atoms with Gasteiger partial charge in [0, 0.05) is 12.1 Å². The van der Waals surface area contributed by atoms with Gasteiger partial charge in [-0.05, 0) is 25.1 Å². The van der Waals surface area contributed by atoms with Gasteiger partial charge in [-0.15, -0.1) is 0 Å². The topological polar surface area (TPSA) is 81.0 Å². The molecule has 0 radical (unpaired) electrons. The number of benzene rings is 1. The van der Waals surface area contributed by atoms with Crippen LogP contribution in [0.25, 0.3) is 11.3 Å². The summed E-state index contributed by atoms with van der Waals surface area (Å²) in [5, 5.41) is 13.8. The minimum atomic E-state index is -1.10. The second-order valence-electron chi connectivity index (χ2n) is 3.84. The van der Waals surface area contributed by atoms with Crippen LogP contribution in [0.4, 0.5) is 20.4 Å². The average molecular weight is 280 g/mol. The molecule has 0 atom stereocenters. The Hall–Kier alpha value is -2.64. The number of aromatic nitrogens is 2. The predicted molar refractivity (Wildman–Crippen MR) is 68.2 cm³/mol. The third-order valence-electron chi connectivity index (χ3n) is 2.49. The summed E-state index contributed by atoms with van der Waals surface area (Å²) in [7, 11) is 0. The Bertz CT molecular complexity index is 664. The molecule has 1 heterocycles. The van der Waals surface area contributed by atoms with Gasteiger partial charge in [-0.25, -0.2) is 18.7 Å². The van der Waals surface area contributed by atoms with Crippen LogP contribution < -0.4 is 5.32 Å². The van der Waals surface area contributed by atoms with Gasteiger partial charge in [0.1, 0.15) is 6.20 Å². The van der Waals surface area contributed by atoms with Crippen LogP contribution in [0, 0.1) is 21.7 Å². The highest BCUT2D eigenvalue weighted by molar-refractivity contribution is 5.70. The largest absolute Gasteiger partial charge is 0.354 e. The molecule has 0 saturated heterocycles. The first-order chi connectivity index (χ1) is 9.52. The zero-order chi connectivity index (χ0) is 14.7. The lowest BCUT2D eigenvalue weighted by molar-refractivity contribution is -0.384. The van der Waals surface area contributed by atoms with Crippen molar-refractivity contribution in [2.24, 2.45) is 0 Å². The highest BCUT2D eigenvalue weighted by atomic mass is 19.2.